The number of carbonyl (C=O) groups excluding carboxylic acids is 4. The van der Waals surface area contributed by atoms with Crippen molar-refractivity contribution < 1.29 is 28.7 Å². The van der Waals surface area contributed by atoms with Gasteiger partial charge < -0.3 is 35.3 Å². The lowest BCUT2D eigenvalue weighted by molar-refractivity contribution is -0.130. The Balaban J connectivity index is 1.58. The number of aromatic nitrogens is 2. The van der Waals surface area contributed by atoms with Crippen LogP contribution >= 0.6 is 0 Å². The molecule has 1 spiro atoms. The molecular formula is C32H38N6O6. The van der Waals surface area contributed by atoms with Crippen LogP contribution in [-0.4, -0.2) is 77.4 Å². The topological polar surface area (TPSA) is 155 Å². The molecule has 0 saturated heterocycles. The van der Waals surface area contributed by atoms with Crippen LogP contribution in [0.25, 0.3) is 11.1 Å². The first-order valence-electron chi connectivity index (χ1n) is 14.7. The van der Waals surface area contributed by atoms with E-state index in [4.69, 9.17) is 9.47 Å². The molecule has 4 bridgehead atoms. The van der Waals surface area contributed by atoms with E-state index < -0.39 is 23.4 Å². The lowest BCUT2D eigenvalue weighted by Crippen LogP contribution is -2.56. The Hall–Kier alpha value is -4.87. The quantitative estimate of drug-likeness (QED) is 0.350. The molecule has 0 radical (unpaired) electrons. The number of fused-ring (bicyclic) bond motifs is 5. The summed E-state index contributed by atoms with van der Waals surface area (Å²) in [6.07, 6.45) is 6.04. The Morgan fingerprint density at radius 3 is 2.52 bits per heavy atom. The summed E-state index contributed by atoms with van der Waals surface area (Å²) in [6, 6.07) is 7.97. The summed E-state index contributed by atoms with van der Waals surface area (Å²) in [6.45, 7) is 4.47. The zero-order chi connectivity index (χ0) is 31.4. The van der Waals surface area contributed by atoms with Gasteiger partial charge in [0.05, 0.1) is 19.8 Å². The SMILES string of the molecule is COc1cc2cc(c1OC)-c1cncc(c1)C(=O)NC1(CC1)C(=O)N[C@H](CC(C)C)C(=O)NCCN(C(=O)c1ccc[nH]1)C2. The normalized spacial score (nSPS) is 18.5. The Kier molecular flexibility index (Phi) is 8.88. The van der Waals surface area contributed by atoms with Gasteiger partial charge in [-0.25, -0.2) is 0 Å². The zero-order valence-corrected chi connectivity index (χ0v) is 25.4. The molecule has 1 atom stereocenters. The highest BCUT2D eigenvalue weighted by atomic mass is 16.5. The van der Waals surface area contributed by atoms with Crippen molar-refractivity contribution in [3.05, 3.63) is 65.7 Å². The van der Waals surface area contributed by atoms with E-state index in [1.807, 2.05) is 19.9 Å². The largest absolute Gasteiger partial charge is 0.493 e. The average molecular weight is 603 g/mol. The van der Waals surface area contributed by atoms with E-state index in [-0.39, 0.29) is 42.9 Å². The van der Waals surface area contributed by atoms with Crippen LogP contribution in [0.5, 0.6) is 11.5 Å². The van der Waals surface area contributed by atoms with Gasteiger partial charge in [-0.1, -0.05) is 13.8 Å². The van der Waals surface area contributed by atoms with Crippen LogP contribution in [-0.2, 0) is 16.1 Å². The van der Waals surface area contributed by atoms with Crippen LogP contribution in [0.15, 0.2) is 48.9 Å². The summed E-state index contributed by atoms with van der Waals surface area (Å²) in [5, 5.41) is 8.66. The van der Waals surface area contributed by atoms with Gasteiger partial charge in [0.25, 0.3) is 11.8 Å². The van der Waals surface area contributed by atoms with Gasteiger partial charge in [-0.05, 0) is 61.1 Å². The number of nitrogens with one attached hydrogen (secondary N) is 4. The second-order valence-electron chi connectivity index (χ2n) is 11.6. The molecule has 12 nitrogen and oxygen atoms in total. The first kappa shape index (κ1) is 30.6. The lowest BCUT2D eigenvalue weighted by Gasteiger charge is -2.26. The summed E-state index contributed by atoms with van der Waals surface area (Å²) >= 11 is 0. The van der Waals surface area contributed by atoms with Crippen LogP contribution in [0.1, 0.15) is 59.5 Å². The third kappa shape index (κ3) is 6.53. The van der Waals surface area contributed by atoms with E-state index in [0.29, 0.717) is 47.6 Å². The molecule has 1 aliphatic heterocycles. The maximum atomic E-state index is 13.6. The third-order valence-corrected chi connectivity index (χ3v) is 7.89. The van der Waals surface area contributed by atoms with E-state index in [1.54, 1.807) is 41.6 Å². The van der Waals surface area contributed by atoms with Crippen LogP contribution in [0.2, 0.25) is 0 Å². The highest BCUT2D eigenvalue weighted by Gasteiger charge is 2.52. The molecule has 5 rings (SSSR count). The number of pyridine rings is 1. The Labute approximate surface area is 255 Å². The minimum absolute atomic E-state index is 0.118. The van der Waals surface area contributed by atoms with E-state index in [2.05, 4.69) is 25.9 Å². The Morgan fingerprint density at radius 2 is 1.86 bits per heavy atom. The van der Waals surface area contributed by atoms with Crippen molar-refractivity contribution in [2.24, 2.45) is 5.92 Å². The second kappa shape index (κ2) is 12.8. The molecule has 1 aliphatic carbocycles. The number of methoxy groups -OCH3 is 2. The monoisotopic (exact) mass is 602 g/mol. The van der Waals surface area contributed by atoms with Gasteiger partial charge in [0.1, 0.15) is 17.3 Å². The van der Waals surface area contributed by atoms with E-state index in [0.717, 1.165) is 5.56 Å². The highest BCUT2D eigenvalue weighted by molar-refractivity contribution is 6.02. The van der Waals surface area contributed by atoms with Crippen LogP contribution in [0, 0.1) is 5.92 Å². The molecule has 1 saturated carbocycles. The Morgan fingerprint density at radius 1 is 1.09 bits per heavy atom. The summed E-state index contributed by atoms with van der Waals surface area (Å²) in [5.41, 5.74) is 1.50. The Bertz CT molecular complexity index is 1550. The molecule has 4 amide bonds. The molecule has 12 heteroatoms. The van der Waals surface area contributed by atoms with Crippen molar-refractivity contribution in [3.8, 4) is 22.6 Å². The van der Waals surface area contributed by atoms with Crippen molar-refractivity contribution in [2.45, 2.75) is 51.2 Å². The summed E-state index contributed by atoms with van der Waals surface area (Å²) in [7, 11) is 3.05. The van der Waals surface area contributed by atoms with Crippen molar-refractivity contribution in [3.63, 3.8) is 0 Å². The number of H-pyrrole nitrogens is 1. The number of ether oxygens (including phenoxy) is 2. The van der Waals surface area contributed by atoms with Gasteiger partial charge in [0.15, 0.2) is 11.5 Å². The van der Waals surface area contributed by atoms with E-state index >= 15 is 0 Å². The fourth-order valence-electron chi connectivity index (χ4n) is 5.40. The van der Waals surface area contributed by atoms with E-state index in [9.17, 15) is 19.2 Å². The maximum Gasteiger partial charge on any atom is 0.270 e. The minimum atomic E-state index is -1.10. The molecule has 0 unspecified atom stereocenters. The summed E-state index contributed by atoms with van der Waals surface area (Å²) in [4.78, 5) is 62.7. The number of benzene rings is 1. The van der Waals surface area contributed by atoms with Crippen molar-refractivity contribution in [1.82, 2.24) is 30.8 Å². The summed E-state index contributed by atoms with van der Waals surface area (Å²) in [5.74, 6) is -0.468. The van der Waals surface area contributed by atoms with E-state index in [1.165, 1.54) is 20.4 Å². The molecule has 1 aromatic carbocycles. The standard InChI is InChI=1S/C32H38N6O6/c1-19(2)12-25-29(40)35-10-11-38(30(41)24-6-5-9-34-24)18-20-13-23(27(44-4)26(14-20)43-3)21-15-22(17-33-16-21)28(39)37-32(7-8-32)31(42)36-25/h5-6,9,13-17,19,25,34H,7-8,10-12,18H2,1-4H3,(H,35,40)(H,36,42)(H,37,39)/t25-/m1/s1. The first-order chi connectivity index (χ1) is 21.1. The first-order valence-corrected chi connectivity index (χ1v) is 14.7. The molecule has 2 aromatic heterocycles. The van der Waals surface area contributed by atoms with Crippen LogP contribution in [0.4, 0.5) is 0 Å². The lowest BCUT2D eigenvalue weighted by atomic mass is 10.00. The van der Waals surface area contributed by atoms with Gasteiger partial charge in [0.2, 0.25) is 11.8 Å². The molecule has 232 valence electrons. The third-order valence-electron chi connectivity index (χ3n) is 7.89. The van der Waals surface area contributed by atoms with Gasteiger partial charge in [0, 0.05) is 49.4 Å². The molecule has 3 aromatic rings. The number of amides is 4. The van der Waals surface area contributed by atoms with Crippen molar-refractivity contribution >= 4 is 23.6 Å². The number of hydrogen-bond acceptors (Lipinski definition) is 7. The highest BCUT2D eigenvalue weighted by Crippen LogP contribution is 2.40. The predicted octanol–water partition coefficient (Wildman–Crippen LogP) is 2.66. The fraction of sp³-hybridized carbons (Fsp3) is 0.406. The number of aromatic amines is 1. The molecular weight excluding hydrogens is 564 g/mol. The number of carbonyl (C=O) groups is 4. The molecule has 3 heterocycles. The fourth-order valence-corrected chi connectivity index (χ4v) is 5.40. The average Bonchev–Trinajstić information content (AvgIpc) is 3.58. The number of hydrogen-bond donors (Lipinski definition) is 4. The molecule has 4 N–H and O–H groups in total. The van der Waals surface area contributed by atoms with Gasteiger partial charge in [-0.3, -0.25) is 24.2 Å². The number of rotatable bonds is 5. The minimum Gasteiger partial charge on any atom is -0.493 e. The smallest absolute Gasteiger partial charge is 0.270 e. The maximum absolute atomic E-state index is 13.6. The molecule has 2 aliphatic rings. The molecule has 1 fully saturated rings. The van der Waals surface area contributed by atoms with Crippen LogP contribution in [0.3, 0.4) is 0 Å². The van der Waals surface area contributed by atoms with Gasteiger partial charge in [-0.2, -0.15) is 0 Å². The summed E-state index contributed by atoms with van der Waals surface area (Å²) < 4.78 is 11.4. The van der Waals surface area contributed by atoms with Gasteiger partial charge >= 0.3 is 0 Å². The molecule has 44 heavy (non-hydrogen) atoms. The zero-order valence-electron chi connectivity index (χ0n) is 25.4. The van der Waals surface area contributed by atoms with Gasteiger partial charge in [-0.15, -0.1) is 0 Å². The van der Waals surface area contributed by atoms with Crippen molar-refractivity contribution in [2.75, 3.05) is 27.3 Å². The predicted molar refractivity (Wildman–Crippen MR) is 162 cm³/mol. The number of nitrogens with zero attached hydrogens (tertiary/aromatic N) is 2. The van der Waals surface area contributed by atoms with Crippen molar-refractivity contribution in [1.29, 1.82) is 0 Å². The van der Waals surface area contributed by atoms with Crippen LogP contribution < -0.4 is 25.4 Å². The second-order valence-corrected chi connectivity index (χ2v) is 11.6.